The Morgan fingerprint density at radius 2 is 1.60 bits per heavy atom. The van der Waals surface area contributed by atoms with Gasteiger partial charge in [-0.1, -0.05) is 76.2 Å². The number of Topliss-reactive ketones (excluding diaryl/α,β-unsaturated/α-hetero) is 1. The third-order valence-corrected chi connectivity index (χ3v) is 7.17. The lowest BCUT2D eigenvalue weighted by molar-refractivity contribution is -0.141. The van der Waals surface area contributed by atoms with Crippen LogP contribution >= 0.6 is 0 Å². The highest BCUT2D eigenvalue weighted by molar-refractivity contribution is 6.03. The van der Waals surface area contributed by atoms with Crippen molar-refractivity contribution < 1.29 is 28.3 Å². The first-order chi connectivity index (χ1) is 19.2. The molecule has 3 aromatic rings. The molecule has 2 heterocycles. The number of fused-ring (bicyclic) bond motifs is 1. The van der Waals surface area contributed by atoms with E-state index in [9.17, 15) is 19.2 Å². The molecule has 3 amide bonds. The maximum Gasteiger partial charge on any atom is 0.408 e. The summed E-state index contributed by atoms with van der Waals surface area (Å²) in [5.41, 5.74) is 1.43. The van der Waals surface area contributed by atoms with E-state index in [1.54, 1.807) is 12.1 Å². The van der Waals surface area contributed by atoms with Gasteiger partial charge in [0.15, 0.2) is 5.76 Å². The van der Waals surface area contributed by atoms with E-state index in [0.29, 0.717) is 25.0 Å². The molecule has 0 unspecified atom stereocenters. The van der Waals surface area contributed by atoms with E-state index in [1.165, 1.54) is 4.90 Å². The van der Waals surface area contributed by atoms with E-state index in [-0.39, 0.29) is 35.9 Å². The zero-order chi connectivity index (χ0) is 28.8. The molecule has 9 nitrogen and oxygen atoms in total. The first kappa shape index (κ1) is 28.9. The standard InChI is InChI=1S/C31H37N3O6/c1-19(2)26(28(35)25-17-22-13-8-9-15-24(22)40-25)32-29(36)23-14-10-16-34(23)30(37)27(20(3)4)33-31(38)39-18-21-11-6-5-7-12-21/h5-9,11-13,15,17,19-20,23,26-27H,10,14,16,18H2,1-4H3,(H,32,36)(H,33,38)/t23-,26-,27-/m0/s1. The Labute approximate surface area is 234 Å². The molecule has 1 aliphatic rings. The van der Waals surface area contributed by atoms with Crippen LogP contribution in [-0.4, -0.2) is 53.3 Å². The van der Waals surface area contributed by atoms with Crippen LogP contribution in [0.15, 0.2) is 65.1 Å². The normalized spacial score (nSPS) is 16.6. The van der Waals surface area contributed by atoms with Gasteiger partial charge in [-0.25, -0.2) is 4.79 Å². The second kappa shape index (κ2) is 12.8. The molecule has 0 bridgehead atoms. The number of benzene rings is 2. The number of ketones is 1. The summed E-state index contributed by atoms with van der Waals surface area (Å²) in [5, 5.41) is 6.37. The van der Waals surface area contributed by atoms with Crippen molar-refractivity contribution in [3.8, 4) is 0 Å². The van der Waals surface area contributed by atoms with Crippen LogP contribution in [0.1, 0.15) is 56.7 Å². The van der Waals surface area contributed by atoms with Crippen molar-refractivity contribution in [3.63, 3.8) is 0 Å². The average molecular weight is 548 g/mol. The summed E-state index contributed by atoms with van der Waals surface area (Å²) in [7, 11) is 0. The summed E-state index contributed by atoms with van der Waals surface area (Å²) in [6, 6.07) is 15.8. The van der Waals surface area contributed by atoms with Crippen LogP contribution in [-0.2, 0) is 20.9 Å². The number of hydrogen-bond donors (Lipinski definition) is 2. The monoisotopic (exact) mass is 547 g/mol. The van der Waals surface area contributed by atoms with Crippen LogP contribution in [0.3, 0.4) is 0 Å². The maximum absolute atomic E-state index is 13.6. The molecule has 1 aromatic heterocycles. The molecule has 0 radical (unpaired) electrons. The van der Waals surface area contributed by atoms with Gasteiger partial charge in [0, 0.05) is 11.9 Å². The molecule has 1 aliphatic heterocycles. The summed E-state index contributed by atoms with van der Waals surface area (Å²) in [6.45, 7) is 7.81. The molecule has 2 N–H and O–H groups in total. The summed E-state index contributed by atoms with van der Waals surface area (Å²) in [6.07, 6.45) is 0.397. The Kier molecular flexibility index (Phi) is 9.24. The smallest absolute Gasteiger partial charge is 0.408 e. The number of carbonyl (C=O) groups is 4. The van der Waals surface area contributed by atoms with Crippen molar-refractivity contribution in [2.75, 3.05) is 6.54 Å². The predicted molar refractivity (Wildman–Crippen MR) is 150 cm³/mol. The number of para-hydroxylation sites is 1. The van der Waals surface area contributed by atoms with Gasteiger partial charge in [-0.05, 0) is 42.4 Å². The Hall–Kier alpha value is -4.14. The Morgan fingerprint density at radius 1 is 0.925 bits per heavy atom. The van der Waals surface area contributed by atoms with Gasteiger partial charge in [-0.2, -0.15) is 0 Å². The SMILES string of the molecule is CC(C)[C@H](NC(=O)[C@@H]1CCCN1C(=O)[C@@H](NC(=O)OCc1ccccc1)C(C)C)C(=O)c1cc2ccccc2o1. The van der Waals surface area contributed by atoms with Gasteiger partial charge in [0.1, 0.15) is 24.3 Å². The highest BCUT2D eigenvalue weighted by Gasteiger charge is 2.40. The van der Waals surface area contributed by atoms with E-state index in [2.05, 4.69) is 10.6 Å². The van der Waals surface area contributed by atoms with Gasteiger partial charge in [-0.15, -0.1) is 0 Å². The molecule has 0 spiro atoms. The summed E-state index contributed by atoms with van der Waals surface area (Å²) in [4.78, 5) is 54.4. The van der Waals surface area contributed by atoms with Gasteiger partial charge >= 0.3 is 6.09 Å². The number of furan rings is 1. The fraction of sp³-hybridized carbons (Fsp3) is 0.419. The van der Waals surface area contributed by atoms with Crippen molar-refractivity contribution >= 4 is 34.7 Å². The number of hydrogen-bond acceptors (Lipinski definition) is 6. The lowest BCUT2D eigenvalue weighted by Crippen LogP contribution is -2.57. The molecule has 212 valence electrons. The van der Waals surface area contributed by atoms with Crippen LogP contribution < -0.4 is 10.6 Å². The molecule has 40 heavy (non-hydrogen) atoms. The molecule has 2 aromatic carbocycles. The fourth-order valence-electron chi connectivity index (χ4n) is 4.93. The quantitative estimate of drug-likeness (QED) is 0.355. The number of alkyl carbamates (subject to hydrolysis) is 1. The van der Waals surface area contributed by atoms with Crippen LogP contribution in [0.5, 0.6) is 0 Å². The molecule has 3 atom stereocenters. The van der Waals surface area contributed by atoms with Crippen LogP contribution in [0.4, 0.5) is 4.79 Å². The van der Waals surface area contributed by atoms with Gasteiger partial charge < -0.3 is 24.7 Å². The minimum atomic E-state index is -0.866. The van der Waals surface area contributed by atoms with Gasteiger partial charge in [0.25, 0.3) is 0 Å². The van der Waals surface area contributed by atoms with Gasteiger partial charge in [0.05, 0.1) is 6.04 Å². The third kappa shape index (κ3) is 6.70. The number of rotatable bonds is 10. The number of nitrogens with zero attached hydrogens (tertiary/aromatic N) is 1. The fourth-order valence-corrected chi connectivity index (χ4v) is 4.93. The number of ether oxygens (including phenoxy) is 1. The molecular weight excluding hydrogens is 510 g/mol. The zero-order valence-corrected chi connectivity index (χ0v) is 23.4. The average Bonchev–Trinajstić information content (AvgIpc) is 3.61. The lowest BCUT2D eigenvalue weighted by atomic mass is 9.97. The van der Waals surface area contributed by atoms with Crippen molar-refractivity contribution in [2.45, 2.75) is 65.3 Å². The maximum atomic E-state index is 13.6. The van der Waals surface area contributed by atoms with Crippen molar-refractivity contribution in [1.82, 2.24) is 15.5 Å². The van der Waals surface area contributed by atoms with Gasteiger partial charge in [-0.3, -0.25) is 14.4 Å². The summed E-state index contributed by atoms with van der Waals surface area (Å²) >= 11 is 0. The second-order valence-electron chi connectivity index (χ2n) is 10.9. The Balaban J connectivity index is 1.42. The van der Waals surface area contributed by atoms with Crippen molar-refractivity contribution in [1.29, 1.82) is 0 Å². The van der Waals surface area contributed by atoms with Gasteiger partial charge in [0.2, 0.25) is 17.6 Å². The van der Waals surface area contributed by atoms with E-state index in [4.69, 9.17) is 9.15 Å². The topological polar surface area (TPSA) is 118 Å². The van der Waals surface area contributed by atoms with E-state index in [1.807, 2.05) is 76.2 Å². The zero-order valence-electron chi connectivity index (χ0n) is 23.4. The summed E-state index contributed by atoms with van der Waals surface area (Å²) in [5.74, 6) is -1.34. The minimum absolute atomic E-state index is 0.0796. The highest BCUT2D eigenvalue weighted by Crippen LogP contribution is 2.24. The minimum Gasteiger partial charge on any atom is -0.453 e. The van der Waals surface area contributed by atoms with Crippen molar-refractivity contribution in [2.24, 2.45) is 11.8 Å². The van der Waals surface area contributed by atoms with Crippen LogP contribution in [0, 0.1) is 11.8 Å². The Bertz CT molecular complexity index is 1320. The first-order valence-corrected chi connectivity index (χ1v) is 13.8. The number of likely N-dealkylation sites (tertiary alicyclic amines) is 1. The molecule has 9 heteroatoms. The van der Waals surface area contributed by atoms with E-state index >= 15 is 0 Å². The predicted octanol–water partition coefficient (Wildman–Crippen LogP) is 4.70. The summed E-state index contributed by atoms with van der Waals surface area (Å²) < 4.78 is 11.1. The molecule has 1 saturated heterocycles. The number of amides is 3. The second-order valence-corrected chi connectivity index (χ2v) is 10.9. The van der Waals surface area contributed by atoms with Crippen LogP contribution in [0.2, 0.25) is 0 Å². The van der Waals surface area contributed by atoms with E-state index in [0.717, 1.165) is 10.9 Å². The van der Waals surface area contributed by atoms with Crippen LogP contribution in [0.25, 0.3) is 11.0 Å². The number of nitrogens with one attached hydrogen (secondary N) is 2. The first-order valence-electron chi connectivity index (χ1n) is 13.8. The van der Waals surface area contributed by atoms with E-state index < -0.39 is 30.1 Å². The molecule has 1 fully saturated rings. The lowest BCUT2D eigenvalue weighted by Gasteiger charge is -2.31. The third-order valence-electron chi connectivity index (χ3n) is 7.17. The Morgan fingerprint density at radius 3 is 2.27 bits per heavy atom. The molecular formula is C31H37N3O6. The highest BCUT2D eigenvalue weighted by atomic mass is 16.5. The number of carbonyl (C=O) groups excluding carboxylic acids is 4. The molecule has 0 saturated carbocycles. The largest absolute Gasteiger partial charge is 0.453 e. The molecule has 4 rings (SSSR count). The molecule has 0 aliphatic carbocycles. The van der Waals surface area contributed by atoms with Crippen molar-refractivity contribution in [3.05, 3.63) is 72.0 Å².